The lowest BCUT2D eigenvalue weighted by Gasteiger charge is -1.87. The third-order valence-corrected chi connectivity index (χ3v) is 1.32. The highest BCUT2D eigenvalue weighted by Gasteiger charge is 2.09. The lowest BCUT2D eigenvalue weighted by molar-refractivity contribution is -0.132. The van der Waals surface area contributed by atoms with E-state index in [4.69, 9.17) is 5.11 Å². The summed E-state index contributed by atoms with van der Waals surface area (Å²) in [7, 11) is 1.50. The Balaban J connectivity index is 0.000000371. The highest BCUT2D eigenvalue weighted by molar-refractivity contribution is 5.86. The molecule has 0 aliphatic heterocycles. The Morgan fingerprint density at radius 3 is 2.50 bits per heavy atom. The van der Waals surface area contributed by atoms with Gasteiger partial charge in [-0.25, -0.2) is 4.79 Å². The highest BCUT2D eigenvalue weighted by atomic mass is 16.4. The zero-order valence-corrected chi connectivity index (χ0v) is 6.13. The number of allylic oxidation sites excluding steroid dienone is 1. The molecule has 10 heavy (non-hydrogen) atoms. The Bertz CT molecular complexity index is 141. The van der Waals surface area contributed by atoms with Gasteiger partial charge in [-0.2, -0.15) is 0 Å². The van der Waals surface area contributed by atoms with Crippen LogP contribution in [0.4, 0.5) is 0 Å². The van der Waals surface area contributed by atoms with Crippen molar-refractivity contribution in [2.24, 2.45) is 5.73 Å². The van der Waals surface area contributed by atoms with Gasteiger partial charge in [0.15, 0.2) is 0 Å². The molecule has 3 N–H and O–H groups in total. The molecule has 3 nitrogen and oxygen atoms in total. The smallest absolute Gasteiger partial charge is 0.331 e. The summed E-state index contributed by atoms with van der Waals surface area (Å²) in [6.45, 7) is 0. The molecule has 0 unspecified atom stereocenters. The quantitative estimate of drug-likeness (QED) is 0.569. The number of carbonyl (C=O) groups is 1. The fourth-order valence-corrected chi connectivity index (χ4v) is 0.865. The summed E-state index contributed by atoms with van der Waals surface area (Å²) in [5.41, 5.74) is 5.09. The molecule has 3 heteroatoms. The van der Waals surface area contributed by atoms with Crippen LogP contribution >= 0.6 is 0 Å². The van der Waals surface area contributed by atoms with Crippen LogP contribution in [0.25, 0.3) is 0 Å². The maximum atomic E-state index is 10.1. The van der Waals surface area contributed by atoms with Gasteiger partial charge in [0.2, 0.25) is 0 Å². The first-order valence-electron chi connectivity index (χ1n) is 3.31. The van der Waals surface area contributed by atoms with Crippen molar-refractivity contribution in [1.29, 1.82) is 0 Å². The van der Waals surface area contributed by atoms with Crippen molar-refractivity contribution in [1.82, 2.24) is 0 Å². The van der Waals surface area contributed by atoms with E-state index in [0.717, 1.165) is 19.3 Å². The fourth-order valence-electron chi connectivity index (χ4n) is 0.865. The highest BCUT2D eigenvalue weighted by Crippen LogP contribution is 2.16. The Morgan fingerprint density at radius 2 is 2.30 bits per heavy atom. The number of carboxylic acid groups (broad SMARTS) is 1. The van der Waals surface area contributed by atoms with Gasteiger partial charge >= 0.3 is 5.97 Å². The molecule has 0 saturated carbocycles. The van der Waals surface area contributed by atoms with E-state index in [1.54, 1.807) is 6.08 Å². The van der Waals surface area contributed by atoms with Crippen molar-refractivity contribution in [2.45, 2.75) is 19.3 Å². The predicted molar refractivity (Wildman–Crippen MR) is 39.7 cm³/mol. The second-order valence-corrected chi connectivity index (χ2v) is 1.93. The van der Waals surface area contributed by atoms with Crippen LogP contribution in [-0.2, 0) is 4.79 Å². The van der Waals surface area contributed by atoms with Gasteiger partial charge in [0.25, 0.3) is 0 Å². The summed E-state index contributed by atoms with van der Waals surface area (Å²) < 4.78 is 0. The van der Waals surface area contributed by atoms with Crippen molar-refractivity contribution >= 4 is 5.97 Å². The van der Waals surface area contributed by atoms with Gasteiger partial charge in [0.05, 0.1) is 0 Å². The molecular formula is C7H13NO2. The second-order valence-electron chi connectivity index (χ2n) is 1.93. The monoisotopic (exact) mass is 143 g/mol. The van der Waals surface area contributed by atoms with Crippen LogP contribution in [0.5, 0.6) is 0 Å². The molecule has 0 aromatic carbocycles. The molecular weight excluding hydrogens is 130 g/mol. The summed E-state index contributed by atoms with van der Waals surface area (Å²) >= 11 is 0. The average Bonchev–Trinajstić information content (AvgIpc) is 2.42. The van der Waals surface area contributed by atoms with Crippen LogP contribution < -0.4 is 5.73 Å². The van der Waals surface area contributed by atoms with Crippen LogP contribution in [0.15, 0.2) is 11.6 Å². The summed E-state index contributed by atoms with van der Waals surface area (Å²) in [6.07, 6.45) is 4.51. The maximum Gasteiger partial charge on any atom is 0.331 e. The van der Waals surface area contributed by atoms with E-state index < -0.39 is 5.97 Å². The molecule has 0 fully saturated rings. The van der Waals surface area contributed by atoms with Gasteiger partial charge in [0, 0.05) is 5.57 Å². The molecule has 0 amide bonds. The molecule has 0 radical (unpaired) electrons. The molecule has 0 saturated heterocycles. The van der Waals surface area contributed by atoms with Crippen molar-refractivity contribution in [3.63, 3.8) is 0 Å². The number of aliphatic carboxylic acids is 1. The van der Waals surface area contributed by atoms with E-state index in [9.17, 15) is 4.79 Å². The average molecular weight is 143 g/mol. The van der Waals surface area contributed by atoms with Gasteiger partial charge in [-0.1, -0.05) is 6.08 Å². The van der Waals surface area contributed by atoms with E-state index in [0.29, 0.717) is 5.57 Å². The van der Waals surface area contributed by atoms with E-state index >= 15 is 0 Å². The Kier molecular flexibility index (Phi) is 4.58. The molecule has 0 aromatic heterocycles. The topological polar surface area (TPSA) is 63.3 Å². The van der Waals surface area contributed by atoms with Crippen LogP contribution in [0, 0.1) is 0 Å². The van der Waals surface area contributed by atoms with Crippen molar-refractivity contribution < 1.29 is 9.90 Å². The first kappa shape index (κ1) is 9.17. The molecule has 1 aliphatic rings. The minimum atomic E-state index is -0.748. The van der Waals surface area contributed by atoms with Crippen LogP contribution in [0.1, 0.15) is 19.3 Å². The van der Waals surface area contributed by atoms with Crippen molar-refractivity contribution in [3.05, 3.63) is 11.6 Å². The van der Waals surface area contributed by atoms with Crippen LogP contribution in [0.3, 0.4) is 0 Å². The zero-order chi connectivity index (χ0) is 7.98. The van der Waals surface area contributed by atoms with E-state index in [-0.39, 0.29) is 0 Å². The maximum absolute atomic E-state index is 10.1. The standard InChI is InChI=1S/C6H8O2.CH5N/c7-6(8)5-3-1-2-4-5;1-2/h3H,1-2,4H2,(H,7,8);2H2,1H3. The molecule has 1 rings (SSSR count). The molecule has 1 aliphatic carbocycles. The molecule has 0 atom stereocenters. The minimum absolute atomic E-state index is 0.588. The van der Waals surface area contributed by atoms with Gasteiger partial charge in [-0.3, -0.25) is 0 Å². The number of hydrogen-bond donors (Lipinski definition) is 2. The number of carboxylic acids is 1. The summed E-state index contributed by atoms with van der Waals surface area (Å²) in [5.74, 6) is -0.748. The largest absolute Gasteiger partial charge is 0.478 e. The second kappa shape index (κ2) is 4.99. The molecule has 0 bridgehead atoms. The molecule has 0 spiro atoms. The SMILES string of the molecule is CN.O=C(O)C1=CCCC1. The fraction of sp³-hybridized carbons (Fsp3) is 0.571. The van der Waals surface area contributed by atoms with E-state index in [1.807, 2.05) is 0 Å². The van der Waals surface area contributed by atoms with Gasteiger partial charge in [0.1, 0.15) is 0 Å². The first-order chi connectivity index (χ1) is 4.80. The van der Waals surface area contributed by atoms with Crippen LogP contribution in [0.2, 0.25) is 0 Å². The summed E-state index contributed by atoms with van der Waals surface area (Å²) in [6, 6.07) is 0. The Labute approximate surface area is 60.5 Å². The van der Waals surface area contributed by atoms with Crippen molar-refractivity contribution in [3.8, 4) is 0 Å². The normalized spacial score (nSPS) is 15.2. The molecule has 0 aromatic rings. The minimum Gasteiger partial charge on any atom is -0.478 e. The summed E-state index contributed by atoms with van der Waals surface area (Å²) in [5, 5.41) is 8.34. The van der Waals surface area contributed by atoms with Crippen molar-refractivity contribution in [2.75, 3.05) is 7.05 Å². The number of nitrogens with two attached hydrogens (primary N) is 1. The Morgan fingerprint density at radius 1 is 1.70 bits per heavy atom. The third-order valence-electron chi connectivity index (χ3n) is 1.32. The molecule has 58 valence electrons. The number of hydrogen-bond acceptors (Lipinski definition) is 2. The van der Waals surface area contributed by atoms with Gasteiger partial charge in [-0.15, -0.1) is 0 Å². The number of rotatable bonds is 1. The molecule has 0 heterocycles. The van der Waals surface area contributed by atoms with Gasteiger partial charge < -0.3 is 10.8 Å². The zero-order valence-electron chi connectivity index (χ0n) is 6.13. The first-order valence-corrected chi connectivity index (χ1v) is 3.31. The van der Waals surface area contributed by atoms with Crippen LogP contribution in [-0.4, -0.2) is 18.1 Å². The lowest BCUT2D eigenvalue weighted by Crippen LogP contribution is -1.95. The van der Waals surface area contributed by atoms with E-state index in [2.05, 4.69) is 5.73 Å². The van der Waals surface area contributed by atoms with E-state index in [1.165, 1.54) is 7.05 Å². The Hall–Kier alpha value is -0.830. The summed E-state index contributed by atoms with van der Waals surface area (Å²) in [4.78, 5) is 10.1. The van der Waals surface area contributed by atoms with Gasteiger partial charge in [-0.05, 0) is 26.3 Å². The lowest BCUT2D eigenvalue weighted by atomic mass is 10.2. The predicted octanol–water partition coefficient (Wildman–Crippen LogP) is 0.756. The third kappa shape index (κ3) is 2.64.